The van der Waals surface area contributed by atoms with Crippen LogP contribution in [0.25, 0.3) is 0 Å². The van der Waals surface area contributed by atoms with Crippen LogP contribution in [0.2, 0.25) is 0 Å². The van der Waals surface area contributed by atoms with Gasteiger partial charge in [0.25, 0.3) is 5.91 Å². The summed E-state index contributed by atoms with van der Waals surface area (Å²) in [5, 5.41) is 6.15. The molecule has 6 heteroatoms. The molecule has 2 fully saturated rings. The molecule has 1 atom stereocenters. The minimum atomic E-state index is -0.125. The van der Waals surface area contributed by atoms with E-state index in [0.717, 1.165) is 51.7 Å². The monoisotopic (exact) mass is 331 g/mol. The molecule has 1 aromatic carbocycles. The Morgan fingerprint density at radius 1 is 1.21 bits per heavy atom. The van der Waals surface area contributed by atoms with Crippen molar-refractivity contribution in [2.45, 2.75) is 38.1 Å². The third-order valence-corrected chi connectivity index (χ3v) is 4.55. The highest BCUT2D eigenvalue weighted by molar-refractivity contribution is 5.95. The number of carbonyl (C=O) groups is 2. The lowest BCUT2D eigenvalue weighted by Crippen LogP contribution is -2.43. The number of hydrogen-bond acceptors (Lipinski definition) is 4. The van der Waals surface area contributed by atoms with Gasteiger partial charge in [0.2, 0.25) is 5.91 Å². The fourth-order valence-electron chi connectivity index (χ4n) is 3.17. The van der Waals surface area contributed by atoms with Gasteiger partial charge in [0.1, 0.15) is 5.75 Å². The summed E-state index contributed by atoms with van der Waals surface area (Å²) in [5.74, 6) is 0.602. The Morgan fingerprint density at radius 3 is 2.79 bits per heavy atom. The number of carbonyl (C=O) groups excluding carboxylic acids is 2. The Labute approximate surface area is 142 Å². The number of nitrogens with one attached hydrogen (secondary N) is 2. The zero-order valence-corrected chi connectivity index (χ0v) is 13.9. The van der Waals surface area contributed by atoms with Gasteiger partial charge in [-0.1, -0.05) is 12.5 Å². The van der Waals surface area contributed by atoms with Crippen LogP contribution in [0, 0.1) is 0 Å². The summed E-state index contributed by atoms with van der Waals surface area (Å²) in [6.45, 7) is 2.58. The molecule has 2 amide bonds. The average molecular weight is 331 g/mol. The number of nitrogens with zero attached hydrogens (tertiary/aromatic N) is 1. The number of benzene rings is 1. The maximum atomic E-state index is 12.2. The van der Waals surface area contributed by atoms with Crippen molar-refractivity contribution in [3.05, 3.63) is 24.3 Å². The normalized spacial score (nSPS) is 20.7. The maximum Gasteiger partial charge on any atom is 0.260 e. The first-order chi connectivity index (χ1) is 11.7. The largest absolute Gasteiger partial charge is 0.484 e. The summed E-state index contributed by atoms with van der Waals surface area (Å²) < 4.78 is 5.59. The van der Waals surface area contributed by atoms with E-state index in [9.17, 15) is 9.59 Å². The number of ether oxygens (including phenoxy) is 1. The molecule has 0 aromatic heterocycles. The topological polar surface area (TPSA) is 70.7 Å². The van der Waals surface area contributed by atoms with Gasteiger partial charge < -0.3 is 20.3 Å². The lowest BCUT2D eigenvalue weighted by atomic mass is 10.0. The second-order valence-electron chi connectivity index (χ2n) is 6.40. The van der Waals surface area contributed by atoms with Crippen molar-refractivity contribution in [1.29, 1.82) is 0 Å². The van der Waals surface area contributed by atoms with Gasteiger partial charge in [0.05, 0.1) is 6.04 Å². The first-order valence-corrected chi connectivity index (χ1v) is 8.77. The molecule has 2 aliphatic heterocycles. The van der Waals surface area contributed by atoms with E-state index in [4.69, 9.17) is 4.74 Å². The number of anilines is 1. The molecule has 2 heterocycles. The van der Waals surface area contributed by atoms with Crippen LogP contribution in [0.4, 0.5) is 5.69 Å². The van der Waals surface area contributed by atoms with Crippen molar-refractivity contribution in [2.24, 2.45) is 0 Å². The predicted octanol–water partition coefficient (Wildman–Crippen LogP) is 1.77. The van der Waals surface area contributed by atoms with E-state index in [1.54, 1.807) is 12.1 Å². The lowest BCUT2D eigenvalue weighted by molar-refractivity contribution is -0.132. The average Bonchev–Trinajstić information content (AvgIpc) is 3.15. The van der Waals surface area contributed by atoms with Crippen molar-refractivity contribution in [1.82, 2.24) is 10.2 Å². The second kappa shape index (κ2) is 8.15. The van der Waals surface area contributed by atoms with Gasteiger partial charge in [0, 0.05) is 24.8 Å². The highest BCUT2D eigenvalue weighted by Gasteiger charge is 2.21. The molecule has 1 aromatic rings. The third-order valence-electron chi connectivity index (χ3n) is 4.55. The summed E-state index contributed by atoms with van der Waals surface area (Å²) >= 11 is 0. The Hall–Kier alpha value is -2.08. The predicted molar refractivity (Wildman–Crippen MR) is 92.0 cm³/mol. The number of amides is 2. The van der Waals surface area contributed by atoms with Gasteiger partial charge in [-0.2, -0.15) is 0 Å². The van der Waals surface area contributed by atoms with E-state index < -0.39 is 0 Å². The molecule has 0 spiro atoms. The van der Waals surface area contributed by atoms with Gasteiger partial charge in [-0.05, 0) is 44.4 Å². The summed E-state index contributed by atoms with van der Waals surface area (Å²) in [5.41, 5.74) is 0.693. The minimum absolute atomic E-state index is 0.0139. The van der Waals surface area contributed by atoms with Crippen molar-refractivity contribution in [3.8, 4) is 5.75 Å². The smallest absolute Gasteiger partial charge is 0.260 e. The molecule has 2 saturated heterocycles. The zero-order valence-electron chi connectivity index (χ0n) is 13.9. The van der Waals surface area contributed by atoms with Crippen molar-refractivity contribution in [2.75, 3.05) is 31.6 Å². The third kappa shape index (κ3) is 4.47. The Bertz CT molecular complexity index is 579. The lowest BCUT2D eigenvalue weighted by Gasteiger charge is -2.22. The van der Waals surface area contributed by atoms with Crippen LogP contribution in [0.1, 0.15) is 32.1 Å². The van der Waals surface area contributed by atoms with E-state index in [2.05, 4.69) is 10.6 Å². The zero-order chi connectivity index (χ0) is 16.8. The second-order valence-corrected chi connectivity index (χ2v) is 6.40. The van der Waals surface area contributed by atoms with E-state index in [1.807, 2.05) is 17.0 Å². The van der Waals surface area contributed by atoms with Crippen LogP contribution >= 0.6 is 0 Å². The molecule has 0 aliphatic carbocycles. The summed E-state index contributed by atoms with van der Waals surface area (Å²) in [6, 6.07) is 7.08. The Balaban J connectivity index is 1.51. The molecule has 0 radical (unpaired) electrons. The molecule has 3 rings (SSSR count). The van der Waals surface area contributed by atoms with Gasteiger partial charge in [-0.15, -0.1) is 0 Å². The number of likely N-dealkylation sites (tertiary alicyclic amines) is 1. The van der Waals surface area contributed by atoms with Gasteiger partial charge in [-0.3, -0.25) is 9.59 Å². The van der Waals surface area contributed by atoms with Crippen molar-refractivity contribution in [3.63, 3.8) is 0 Å². The van der Waals surface area contributed by atoms with Crippen LogP contribution < -0.4 is 15.4 Å². The fourth-order valence-corrected chi connectivity index (χ4v) is 3.17. The first-order valence-electron chi connectivity index (χ1n) is 8.77. The number of piperidine rings is 1. The van der Waals surface area contributed by atoms with E-state index in [0.29, 0.717) is 11.4 Å². The van der Waals surface area contributed by atoms with Gasteiger partial charge >= 0.3 is 0 Å². The number of rotatable bonds is 5. The molecule has 24 heavy (non-hydrogen) atoms. The SMILES string of the molecule is O=C(Nc1cccc(OCC(=O)N2CCCC2)c1)C1CCCCN1. The van der Waals surface area contributed by atoms with Gasteiger partial charge in [-0.25, -0.2) is 0 Å². The highest BCUT2D eigenvalue weighted by Crippen LogP contribution is 2.19. The van der Waals surface area contributed by atoms with Crippen LogP contribution in [-0.2, 0) is 9.59 Å². The summed E-state index contributed by atoms with van der Waals surface area (Å²) in [4.78, 5) is 26.1. The van der Waals surface area contributed by atoms with E-state index in [1.165, 1.54) is 0 Å². The molecule has 2 N–H and O–H groups in total. The van der Waals surface area contributed by atoms with Crippen LogP contribution in [0.15, 0.2) is 24.3 Å². The molecule has 6 nitrogen and oxygen atoms in total. The Kier molecular flexibility index (Phi) is 5.69. The summed E-state index contributed by atoms with van der Waals surface area (Å²) in [7, 11) is 0. The molecule has 0 saturated carbocycles. The molecular formula is C18H25N3O3. The van der Waals surface area contributed by atoms with Crippen LogP contribution in [-0.4, -0.2) is 49.0 Å². The molecule has 0 bridgehead atoms. The molecular weight excluding hydrogens is 306 g/mol. The maximum absolute atomic E-state index is 12.2. The molecule has 130 valence electrons. The van der Waals surface area contributed by atoms with Crippen molar-refractivity contribution < 1.29 is 14.3 Å². The van der Waals surface area contributed by atoms with E-state index in [-0.39, 0.29) is 24.5 Å². The standard InChI is InChI=1S/C18H25N3O3/c22-17(21-10-3-4-11-21)13-24-15-7-5-6-14(12-15)20-18(23)16-8-1-2-9-19-16/h5-7,12,16,19H,1-4,8-11,13H2,(H,20,23). The molecule has 2 aliphatic rings. The summed E-state index contributed by atoms with van der Waals surface area (Å²) in [6.07, 6.45) is 5.21. The van der Waals surface area contributed by atoms with E-state index >= 15 is 0 Å². The van der Waals surface area contributed by atoms with Gasteiger partial charge in [0.15, 0.2) is 6.61 Å². The fraction of sp³-hybridized carbons (Fsp3) is 0.556. The van der Waals surface area contributed by atoms with Crippen LogP contribution in [0.3, 0.4) is 0 Å². The number of hydrogen-bond donors (Lipinski definition) is 2. The highest BCUT2D eigenvalue weighted by atomic mass is 16.5. The van der Waals surface area contributed by atoms with Crippen molar-refractivity contribution >= 4 is 17.5 Å². The Morgan fingerprint density at radius 2 is 2.04 bits per heavy atom. The quantitative estimate of drug-likeness (QED) is 0.863. The minimum Gasteiger partial charge on any atom is -0.484 e. The van der Waals surface area contributed by atoms with Crippen LogP contribution in [0.5, 0.6) is 5.75 Å². The first kappa shape index (κ1) is 16.8. The molecule has 1 unspecified atom stereocenters.